The molecule has 6 heteroatoms. The van der Waals surface area contributed by atoms with Crippen molar-refractivity contribution >= 4 is 5.91 Å². The number of aryl methyl sites for hydroxylation is 2. The monoisotopic (exact) mass is 363 g/mol. The Hall–Kier alpha value is -1.40. The topological polar surface area (TPSA) is 67.6 Å². The van der Waals surface area contributed by atoms with Crippen LogP contribution < -0.4 is 5.32 Å². The summed E-state index contributed by atoms with van der Waals surface area (Å²) in [7, 11) is 0. The number of nitrogens with zero attached hydrogens (tertiary/aromatic N) is 2. The summed E-state index contributed by atoms with van der Waals surface area (Å²) in [6.45, 7) is 10.2. The van der Waals surface area contributed by atoms with E-state index in [0.29, 0.717) is 6.42 Å². The van der Waals surface area contributed by atoms with Gasteiger partial charge in [0.2, 0.25) is 5.91 Å². The van der Waals surface area contributed by atoms with Crippen LogP contribution in [0.3, 0.4) is 0 Å². The van der Waals surface area contributed by atoms with Crippen molar-refractivity contribution in [3.63, 3.8) is 0 Å². The molecule has 2 aliphatic rings. The predicted molar refractivity (Wildman–Crippen MR) is 100 cm³/mol. The molecule has 1 aliphatic carbocycles. The number of aromatic nitrogens is 1. The number of amides is 1. The minimum absolute atomic E-state index is 0.115. The van der Waals surface area contributed by atoms with Crippen LogP contribution in [0.2, 0.25) is 0 Å². The van der Waals surface area contributed by atoms with E-state index in [1.807, 2.05) is 13.8 Å². The smallest absolute Gasteiger partial charge is 0.220 e. The van der Waals surface area contributed by atoms with E-state index in [4.69, 9.17) is 9.26 Å². The standard InChI is InChI=1S/C20H33N3O3/c1-15(19-16(2)22-26-17(19)3)13-18(24)21-14-20(7-5-4-6-8-20)23-9-11-25-12-10-23/h15H,4-14H2,1-3H3,(H,21,24). The van der Waals surface area contributed by atoms with E-state index in [0.717, 1.165) is 49.9 Å². The Labute approximate surface area is 156 Å². The first-order valence-corrected chi connectivity index (χ1v) is 10.0. The second-order valence-corrected chi connectivity index (χ2v) is 8.00. The second kappa shape index (κ2) is 8.53. The van der Waals surface area contributed by atoms with Crippen LogP contribution >= 0.6 is 0 Å². The fourth-order valence-corrected chi connectivity index (χ4v) is 4.76. The fraction of sp³-hybridized carbons (Fsp3) is 0.800. The van der Waals surface area contributed by atoms with E-state index in [-0.39, 0.29) is 17.4 Å². The highest BCUT2D eigenvalue weighted by molar-refractivity contribution is 5.77. The third kappa shape index (κ3) is 4.29. The molecule has 1 N–H and O–H groups in total. The van der Waals surface area contributed by atoms with Gasteiger partial charge in [0.05, 0.1) is 18.9 Å². The van der Waals surface area contributed by atoms with Crippen LogP contribution in [0.5, 0.6) is 0 Å². The normalized spacial score (nSPS) is 22.1. The first-order chi connectivity index (χ1) is 12.5. The molecule has 1 aromatic heterocycles. The highest BCUT2D eigenvalue weighted by atomic mass is 16.5. The molecule has 1 saturated carbocycles. The van der Waals surface area contributed by atoms with Crippen LogP contribution in [0.1, 0.15) is 68.4 Å². The van der Waals surface area contributed by atoms with Gasteiger partial charge in [0.25, 0.3) is 0 Å². The molecule has 1 aromatic rings. The van der Waals surface area contributed by atoms with Gasteiger partial charge in [-0.3, -0.25) is 9.69 Å². The Kier molecular flexibility index (Phi) is 6.35. The van der Waals surface area contributed by atoms with Gasteiger partial charge in [-0.2, -0.15) is 0 Å². The van der Waals surface area contributed by atoms with Crippen molar-refractivity contribution in [2.24, 2.45) is 0 Å². The van der Waals surface area contributed by atoms with E-state index in [1.54, 1.807) is 0 Å². The van der Waals surface area contributed by atoms with E-state index in [9.17, 15) is 4.79 Å². The highest BCUT2D eigenvalue weighted by Crippen LogP contribution is 2.34. The van der Waals surface area contributed by atoms with Crippen LogP contribution in [-0.2, 0) is 9.53 Å². The Bertz CT molecular complexity index is 582. The summed E-state index contributed by atoms with van der Waals surface area (Å²) in [6.07, 6.45) is 6.63. The van der Waals surface area contributed by atoms with Crippen molar-refractivity contribution in [3.05, 3.63) is 17.0 Å². The summed E-state index contributed by atoms with van der Waals surface area (Å²) in [6, 6.07) is 0. The molecule has 1 unspecified atom stereocenters. The van der Waals surface area contributed by atoms with E-state index in [1.165, 1.54) is 32.1 Å². The Morgan fingerprint density at radius 1 is 1.23 bits per heavy atom. The zero-order valence-corrected chi connectivity index (χ0v) is 16.5. The maximum absolute atomic E-state index is 12.6. The Balaban J connectivity index is 1.59. The zero-order chi connectivity index (χ0) is 18.6. The molecule has 1 saturated heterocycles. The minimum atomic E-state index is 0.115. The fourth-order valence-electron chi connectivity index (χ4n) is 4.76. The van der Waals surface area contributed by atoms with Crippen molar-refractivity contribution in [2.45, 2.75) is 70.8 Å². The van der Waals surface area contributed by atoms with Gasteiger partial charge in [-0.15, -0.1) is 0 Å². The number of hydrogen-bond acceptors (Lipinski definition) is 5. The Morgan fingerprint density at radius 3 is 2.54 bits per heavy atom. The van der Waals surface area contributed by atoms with Crippen LogP contribution in [0.15, 0.2) is 4.52 Å². The maximum atomic E-state index is 12.6. The van der Waals surface area contributed by atoms with E-state index >= 15 is 0 Å². The van der Waals surface area contributed by atoms with Crippen molar-refractivity contribution in [3.8, 4) is 0 Å². The van der Waals surface area contributed by atoms with Gasteiger partial charge in [0, 0.05) is 37.2 Å². The average molecular weight is 364 g/mol. The van der Waals surface area contributed by atoms with Gasteiger partial charge in [-0.1, -0.05) is 31.3 Å². The molecule has 0 radical (unpaired) electrons. The van der Waals surface area contributed by atoms with Crippen molar-refractivity contribution < 1.29 is 14.1 Å². The molecule has 6 nitrogen and oxygen atoms in total. The van der Waals surface area contributed by atoms with Gasteiger partial charge in [-0.25, -0.2) is 0 Å². The molecule has 3 rings (SSSR count). The SMILES string of the molecule is Cc1noc(C)c1C(C)CC(=O)NCC1(N2CCOCC2)CCCCC1. The first kappa shape index (κ1) is 19.4. The lowest BCUT2D eigenvalue weighted by atomic mass is 9.79. The molecular weight excluding hydrogens is 330 g/mol. The highest BCUT2D eigenvalue weighted by Gasteiger charge is 2.38. The van der Waals surface area contributed by atoms with Crippen LogP contribution in [0, 0.1) is 13.8 Å². The summed E-state index contributed by atoms with van der Waals surface area (Å²) in [5.74, 6) is 1.06. The van der Waals surface area contributed by atoms with Gasteiger partial charge >= 0.3 is 0 Å². The van der Waals surface area contributed by atoms with Crippen molar-refractivity contribution in [2.75, 3.05) is 32.8 Å². The molecule has 1 atom stereocenters. The van der Waals surface area contributed by atoms with E-state index in [2.05, 4.69) is 22.3 Å². The quantitative estimate of drug-likeness (QED) is 0.842. The summed E-state index contributed by atoms with van der Waals surface area (Å²) in [5.41, 5.74) is 2.07. The zero-order valence-electron chi connectivity index (χ0n) is 16.5. The van der Waals surface area contributed by atoms with Gasteiger partial charge < -0.3 is 14.6 Å². The number of ether oxygens (including phenoxy) is 1. The van der Waals surface area contributed by atoms with E-state index < -0.39 is 0 Å². The first-order valence-electron chi connectivity index (χ1n) is 10.0. The number of carbonyl (C=O) groups excluding carboxylic acids is 1. The number of morpholine rings is 1. The minimum Gasteiger partial charge on any atom is -0.379 e. The summed E-state index contributed by atoms with van der Waals surface area (Å²) < 4.78 is 10.8. The molecule has 2 heterocycles. The third-order valence-electron chi connectivity index (χ3n) is 6.15. The summed E-state index contributed by atoms with van der Waals surface area (Å²) in [5, 5.41) is 7.26. The number of nitrogens with one attached hydrogen (secondary N) is 1. The summed E-state index contributed by atoms with van der Waals surface area (Å²) in [4.78, 5) is 15.2. The molecule has 1 aliphatic heterocycles. The predicted octanol–water partition coefficient (Wildman–Crippen LogP) is 2.94. The maximum Gasteiger partial charge on any atom is 0.220 e. The lowest BCUT2D eigenvalue weighted by Gasteiger charge is -2.48. The number of hydrogen-bond donors (Lipinski definition) is 1. The molecule has 2 fully saturated rings. The Morgan fingerprint density at radius 2 is 1.92 bits per heavy atom. The van der Waals surface area contributed by atoms with Gasteiger partial charge in [-0.05, 0) is 32.6 Å². The lowest BCUT2D eigenvalue weighted by Crippen LogP contribution is -2.59. The largest absolute Gasteiger partial charge is 0.379 e. The molecule has 0 bridgehead atoms. The van der Waals surface area contributed by atoms with Crippen molar-refractivity contribution in [1.82, 2.24) is 15.4 Å². The third-order valence-corrected chi connectivity index (χ3v) is 6.15. The number of carbonyl (C=O) groups is 1. The molecule has 0 spiro atoms. The van der Waals surface area contributed by atoms with Crippen LogP contribution in [0.4, 0.5) is 0 Å². The van der Waals surface area contributed by atoms with Gasteiger partial charge in [0.1, 0.15) is 5.76 Å². The second-order valence-electron chi connectivity index (χ2n) is 8.00. The number of rotatable bonds is 6. The molecule has 0 aromatic carbocycles. The summed E-state index contributed by atoms with van der Waals surface area (Å²) >= 11 is 0. The van der Waals surface area contributed by atoms with Crippen LogP contribution in [0.25, 0.3) is 0 Å². The van der Waals surface area contributed by atoms with Crippen LogP contribution in [-0.4, -0.2) is 54.4 Å². The van der Waals surface area contributed by atoms with Gasteiger partial charge in [0.15, 0.2) is 0 Å². The van der Waals surface area contributed by atoms with Crippen molar-refractivity contribution in [1.29, 1.82) is 0 Å². The average Bonchev–Trinajstić information content (AvgIpc) is 3.00. The molecule has 1 amide bonds. The lowest BCUT2D eigenvalue weighted by molar-refractivity contribution is -0.122. The molecule has 26 heavy (non-hydrogen) atoms. The molecular formula is C20H33N3O3. The molecule has 146 valence electrons.